The van der Waals surface area contributed by atoms with Crippen molar-refractivity contribution in [3.63, 3.8) is 0 Å². The van der Waals surface area contributed by atoms with Crippen molar-refractivity contribution in [2.45, 2.75) is 124 Å². The zero-order chi connectivity index (χ0) is 32.9. The Labute approximate surface area is 256 Å². The van der Waals surface area contributed by atoms with Gasteiger partial charge in [-0.3, -0.25) is 10.4 Å². The van der Waals surface area contributed by atoms with E-state index in [9.17, 15) is 35.7 Å². The van der Waals surface area contributed by atoms with Crippen LogP contribution in [0, 0.1) is 5.41 Å². The molecule has 3 rings (SSSR count). The van der Waals surface area contributed by atoms with Crippen LogP contribution in [0.25, 0.3) is 0 Å². The quantitative estimate of drug-likeness (QED) is 0.0700. The summed E-state index contributed by atoms with van der Waals surface area (Å²) in [5.74, 6) is -0.511. The molecule has 2 aliphatic heterocycles. The van der Waals surface area contributed by atoms with E-state index in [0.717, 1.165) is 0 Å². The normalized spacial score (nSPS) is 42.4. The summed E-state index contributed by atoms with van der Waals surface area (Å²) in [4.78, 5) is 4.15. The van der Waals surface area contributed by atoms with E-state index in [-0.39, 0.29) is 25.4 Å². The maximum Gasteiger partial charge on any atom is 0.185 e. The highest BCUT2D eigenvalue weighted by molar-refractivity contribution is 5.84. The minimum absolute atomic E-state index is 0.00724. The standard InChI is InChI=1S/C26H51N7O11/c1-10(35)22(29)32-7-11-4-5-12(27)24(42-11)43-19-13(28)6-14(33-23(30)16(37)15(36)8-34)20(17(19)38)44-25-18(39)21(31-3)26(2,40)9-41-25/h10-21,24-25,31,34-40H,4-9,27-28H2,1-3H3,(H2,29,32)(H2,30,33)/t10?,11-,12?,13-,14+,15?,16?,17?,18?,19?,20?,21+,24+,25+,26?/m0/s1. The number of aliphatic hydroxyl groups excluding tert-OH is 6. The molecule has 2 saturated heterocycles. The molecule has 0 aromatic carbocycles. The second kappa shape index (κ2) is 15.8. The third kappa shape index (κ3) is 8.80. The molecule has 0 bridgehead atoms. The first-order chi connectivity index (χ1) is 20.6. The number of rotatable bonds is 12. The van der Waals surface area contributed by atoms with E-state index < -0.39 is 104 Å². The average molecular weight is 638 g/mol. The lowest BCUT2D eigenvalue weighted by Crippen LogP contribution is -2.69. The fourth-order valence-electron chi connectivity index (χ4n) is 5.67. The lowest BCUT2D eigenvalue weighted by molar-refractivity contribution is -0.307. The molecular formula is C26H51N7O11. The van der Waals surface area contributed by atoms with Gasteiger partial charge in [-0.25, -0.2) is 0 Å². The van der Waals surface area contributed by atoms with Crippen molar-refractivity contribution >= 4 is 11.7 Å². The molecule has 256 valence electrons. The van der Waals surface area contributed by atoms with Gasteiger partial charge < -0.3 is 82.5 Å². The van der Waals surface area contributed by atoms with Gasteiger partial charge in [-0.1, -0.05) is 0 Å². The van der Waals surface area contributed by atoms with Crippen molar-refractivity contribution in [3.8, 4) is 0 Å². The fraction of sp³-hybridized carbons (Fsp3) is 0.923. The summed E-state index contributed by atoms with van der Waals surface area (Å²) in [6.45, 7) is 2.10. The third-order valence-corrected chi connectivity index (χ3v) is 8.33. The number of amidine groups is 2. The Bertz CT molecular complexity index is 963. The van der Waals surface area contributed by atoms with Gasteiger partial charge >= 0.3 is 0 Å². The molecule has 15 atom stereocenters. The summed E-state index contributed by atoms with van der Waals surface area (Å²) in [5, 5.41) is 85.8. The summed E-state index contributed by atoms with van der Waals surface area (Å²) in [7, 11) is 1.55. The largest absolute Gasteiger partial charge is 0.394 e. The molecule has 16 N–H and O–H groups in total. The maximum atomic E-state index is 11.6. The molecule has 0 aromatic rings. The second-order valence-corrected chi connectivity index (χ2v) is 12.1. The predicted molar refractivity (Wildman–Crippen MR) is 155 cm³/mol. The molecule has 2 heterocycles. The Morgan fingerprint density at radius 2 is 1.75 bits per heavy atom. The average Bonchev–Trinajstić information content (AvgIpc) is 2.97. The smallest absolute Gasteiger partial charge is 0.185 e. The van der Waals surface area contributed by atoms with E-state index in [2.05, 4.69) is 15.6 Å². The first-order valence-corrected chi connectivity index (χ1v) is 14.8. The summed E-state index contributed by atoms with van der Waals surface area (Å²) >= 11 is 0. The van der Waals surface area contributed by atoms with Gasteiger partial charge in [0.15, 0.2) is 12.6 Å². The van der Waals surface area contributed by atoms with Crippen LogP contribution in [0.15, 0.2) is 4.99 Å². The maximum absolute atomic E-state index is 11.6. The number of hydrogen-bond acceptors (Lipinski definition) is 16. The van der Waals surface area contributed by atoms with Crippen molar-refractivity contribution in [2.24, 2.45) is 22.2 Å². The number of nitrogens with one attached hydrogen (secondary N) is 3. The molecule has 3 fully saturated rings. The molecule has 3 aliphatic rings. The summed E-state index contributed by atoms with van der Waals surface area (Å²) in [5.41, 5.74) is 17.0. The van der Waals surface area contributed by atoms with Crippen LogP contribution < -0.4 is 27.8 Å². The van der Waals surface area contributed by atoms with Crippen LogP contribution in [0.3, 0.4) is 0 Å². The second-order valence-electron chi connectivity index (χ2n) is 12.1. The van der Waals surface area contributed by atoms with Crippen LogP contribution >= 0.6 is 0 Å². The molecule has 9 unspecified atom stereocenters. The van der Waals surface area contributed by atoms with Gasteiger partial charge in [0.05, 0.1) is 44.0 Å². The van der Waals surface area contributed by atoms with Crippen LogP contribution in [-0.2, 0) is 18.9 Å². The number of nitrogens with two attached hydrogens (primary N) is 3. The van der Waals surface area contributed by atoms with Gasteiger partial charge in [0.2, 0.25) is 0 Å². The third-order valence-electron chi connectivity index (χ3n) is 8.33. The molecule has 0 spiro atoms. The van der Waals surface area contributed by atoms with Gasteiger partial charge in [-0.05, 0) is 40.2 Å². The molecular weight excluding hydrogens is 586 g/mol. The molecule has 44 heavy (non-hydrogen) atoms. The van der Waals surface area contributed by atoms with Gasteiger partial charge in [0, 0.05) is 6.04 Å². The Balaban J connectivity index is 1.81. The van der Waals surface area contributed by atoms with Gasteiger partial charge in [-0.2, -0.15) is 0 Å². The number of aliphatic hydroxyl groups is 7. The minimum atomic E-state index is -1.78. The first kappa shape index (κ1) is 36.8. The van der Waals surface area contributed by atoms with E-state index in [1.807, 2.05) is 0 Å². The molecule has 1 aliphatic carbocycles. The van der Waals surface area contributed by atoms with E-state index in [4.69, 9.17) is 41.6 Å². The Hall–Kier alpha value is -1.62. The van der Waals surface area contributed by atoms with Gasteiger partial charge in [0.1, 0.15) is 60.0 Å². The number of nitrogens with zero attached hydrogens (tertiary/aromatic N) is 1. The topological polar surface area (TPSA) is 317 Å². The SMILES string of the molecule is CN[C@@H]1C(O)[C@@H](OC2C(O)C(O[C@H]3O[C@H](CN=C(N)C(C)O)CCC3N)[C@@H](N)C[C@H]2NC(=N)C(O)C(O)CO)OCC1(C)O. The van der Waals surface area contributed by atoms with E-state index in [1.54, 1.807) is 7.05 Å². The highest BCUT2D eigenvalue weighted by Gasteiger charge is 2.52. The minimum Gasteiger partial charge on any atom is -0.394 e. The fourth-order valence-corrected chi connectivity index (χ4v) is 5.67. The van der Waals surface area contributed by atoms with E-state index in [0.29, 0.717) is 12.8 Å². The van der Waals surface area contributed by atoms with Crippen molar-refractivity contribution in [1.82, 2.24) is 10.6 Å². The first-order valence-electron chi connectivity index (χ1n) is 14.8. The van der Waals surface area contributed by atoms with Crippen LogP contribution in [0.1, 0.15) is 33.1 Å². The number of aliphatic imine (C=N–C) groups is 1. The van der Waals surface area contributed by atoms with Crippen LogP contribution in [0.5, 0.6) is 0 Å². The monoisotopic (exact) mass is 637 g/mol. The molecule has 18 nitrogen and oxygen atoms in total. The van der Waals surface area contributed by atoms with Crippen LogP contribution in [-0.4, -0.2) is 165 Å². The molecule has 0 aromatic heterocycles. The summed E-state index contributed by atoms with van der Waals surface area (Å²) in [6.07, 6.45) is -11.4. The van der Waals surface area contributed by atoms with Crippen molar-refractivity contribution < 1.29 is 54.7 Å². The number of likely N-dealkylation sites (N-methyl/N-ethyl adjacent to an activating group) is 1. The highest BCUT2D eigenvalue weighted by Crippen LogP contribution is 2.32. The lowest BCUT2D eigenvalue weighted by Gasteiger charge is -2.49. The van der Waals surface area contributed by atoms with Crippen molar-refractivity contribution in [3.05, 3.63) is 0 Å². The summed E-state index contributed by atoms with van der Waals surface area (Å²) < 4.78 is 23.8. The Kier molecular flexibility index (Phi) is 13.2. The van der Waals surface area contributed by atoms with Crippen molar-refractivity contribution in [1.29, 1.82) is 5.41 Å². The molecule has 1 saturated carbocycles. The number of ether oxygens (including phenoxy) is 4. The van der Waals surface area contributed by atoms with Gasteiger partial charge in [-0.15, -0.1) is 0 Å². The molecule has 0 amide bonds. The van der Waals surface area contributed by atoms with Crippen LogP contribution in [0.2, 0.25) is 0 Å². The zero-order valence-corrected chi connectivity index (χ0v) is 25.3. The van der Waals surface area contributed by atoms with E-state index in [1.165, 1.54) is 13.8 Å². The van der Waals surface area contributed by atoms with Gasteiger partial charge in [0.25, 0.3) is 0 Å². The highest BCUT2D eigenvalue weighted by atomic mass is 16.7. The number of hydrogen-bond donors (Lipinski definition) is 13. The van der Waals surface area contributed by atoms with Crippen LogP contribution in [0.4, 0.5) is 0 Å². The zero-order valence-electron chi connectivity index (χ0n) is 25.3. The lowest BCUT2D eigenvalue weighted by atomic mass is 9.83. The van der Waals surface area contributed by atoms with E-state index >= 15 is 0 Å². The molecule has 18 heteroatoms. The van der Waals surface area contributed by atoms with Crippen molar-refractivity contribution in [2.75, 3.05) is 26.8 Å². The predicted octanol–water partition coefficient (Wildman–Crippen LogP) is -5.88. The summed E-state index contributed by atoms with van der Waals surface area (Å²) in [6, 6.07) is -3.29. The molecule has 0 radical (unpaired) electrons. The Morgan fingerprint density at radius 3 is 2.36 bits per heavy atom. The Morgan fingerprint density at radius 1 is 1.09 bits per heavy atom.